The smallest absolute Gasteiger partial charge is 0.409 e. The fraction of sp³-hybridized carbons (Fsp3) is 0.833. The standard InChI is InChI=1S/C12H19NO3/c1-2-3-4-16-12(15)13-7-9-5-10(8-13)11(14)6-9/h9-10H,2-8H2,1H3/t9-,10-/m1/s1. The molecule has 0 radical (unpaired) electrons. The van der Waals surface area contributed by atoms with Gasteiger partial charge in [-0.1, -0.05) is 13.3 Å². The Hall–Kier alpha value is -1.06. The van der Waals surface area contributed by atoms with E-state index in [9.17, 15) is 9.59 Å². The van der Waals surface area contributed by atoms with E-state index >= 15 is 0 Å². The van der Waals surface area contributed by atoms with Crippen molar-refractivity contribution >= 4 is 11.9 Å². The maximum absolute atomic E-state index is 11.7. The molecule has 16 heavy (non-hydrogen) atoms. The van der Waals surface area contributed by atoms with Crippen LogP contribution in [-0.2, 0) is 9.53 Å². The summed E-state index contributed by atoms with van der Waals surface area (Å²) in [6.07, 6.45) is 3.32. The average molecular weight is 225 g/mol. The van der Waals surface area contributed by atoms with E-state index in [4.69, 9.17) is 4.74 Å². The molecule has 1 saturated heterocycles. The van der Waals surface area contributed by atoms with Crippen molar-refractivity contribution in [3.63, 3.8) is 0 Å². The van der Waals surface area contributed by atoms with Crippen molar-refractivity contribution in [1.29, 1.82) is 0 Å². The van der Waals surface area contributed by atoms with Gasteiger partial charge in [-0.15, -0.1) is 0 Å². The van der Waals surface area contributed by atoms with Crippen LogP contribution in [0.4, 0.5) is 4.79 Å². The second-order valence-corrected chi connectivity index (χ2v) is 4.84. The number of hydrogen-bond donors (Lipinski definition) is 0. The molecule has 0 aromatic carbocycles. The number of ketones is 1. The number of unbranched alkanes of at least 4 members (excludes halogenated alkanes) is 1. The van der Waals surface area contributed by atoms with E-state index in [1.165, 1.54) is 0 Å². The van der Waals surface area contributed by atoms with Crippen LogP contribution in [0.15, 0.2) is 0 Å². The molecule has 0 aromatic heterocycles. The first-order valence-electron chi connectivity index (χ1n) is 6.15. The van der Waals surface area contributed by atoms with Gasteiger partial charge in [-0.25, -0.2) is 4.79 Å². The van der Waals surface area contributed by atoms with Crippen molar-refractivity contribution < 1.29 is 14.3 Å². The van der Waals surface area contributed by atoms with Crippen molar-refractivity contribution in [2.24, 2.45) is 11.8 Å². The number of rotatable bonds is 3. The Bertz CT molecular complexity index is 290. The minimum Gasteiger partial charge on any atom is -0.449 e. The Morgan fingerprint density at radius 3 is 3.00 bits per heavy atom. The summed E-state index contributed by atoms with van der Waals surface area (Å²) in [4.78, 5) is 24.9. The summed E-state index contributed by atoms with van der Waals surface area (Å²) in [5.74, 6) is 0.788. The monoisotopic (exact) mass is 225 g/mol. The van der Waals surface area contributed by atoms with Gasteiger partial charge >= 0.3 is 6.09 Å². The maximum Gasteiger partial charge on any atom is 0.409 e. The molecule has 2 bridgehead atoms. The third-order valence-electron chi connectivity index (χ3n) is 3.46. The molecule has 0 N–H and O–H groups in total. The van der Waals surface area contributed by atoms with Crippen LogP contribution in [0, 0.1) is 11.8 Å². The lowest BCUT2D eigenvalue weighted by Gasteiger charge is -2.30. The molecule has 0 spiro atoms. The molecule has 0 aromatic rings. The molecule has 2 aliphatic rings. The molecule has 2 rings (SSSR count). The number of amides is 1. The van der Waals surface area contributed by atoms with Crippen molar-refractivity contribution in [3.8, 4) is 0 Å². The predicted octanol–water partition coefficient (Wildman–Crippen LogP) is 1.83. The normalized spacial score (nSPS) is 28.3. The number of likely N-dealkylation sites (tertiary alicyclic amines) is 1. The summed E-state index contributed by atoms with van der Waals surface area (Å²) in [7, 11) is 0. The van der Waals surface area contributed by atoms with E-state index in [-0.39, 0.29) is 12.0 Å². The number of carbonyl (C=O) groups is 2. The van der Waals surface area contributed by atoms with Crippen molar-refractivity contribution in [1.82, 2.24) is 4.90 Å². The molecule has 2 atom stereocenters. The largest absolute Gasteiger partial charge is 0.449 e. The van der Waals surface area contributed by atoms with Gasteiger partial charge in [0.15, 0.2) is 0 Å². The molecule has 2 fully saturated rings. The quantitative estimate of drug-likeness (QED) is 0.688. The zero-order valence-electron chi connectivity index (χ0n) is 9.78. The number of ether oxygens (including phenoxy) is 1. The van der Waals surface area contributed by atoms with Crippen LogP contribution in [0.5, 0.6) is 0 Å². The van der Waals surface area contributed by atoms with Gasteiger partial charge < -0.3 is 9.64 Å². The summed E-state index contributed by atoms with van der Waals surface area (Å²) in [5.41, 5.74) is 0. The molecule has 4 heteroatoms. The Balaban J connectivity index is 1.82. The summed E-state index contributed by atoms with van der Waals surface area (Å²) >= 11 is 0. The van der Waals surface area contributed by atoms with Gasteiger partial charge in [0.1, 0.15) is 5.78 Å². The Morgan fingerprint density at radius 1 is 1.50 bits per heavy atom. The first-order valence-corrected chi connectivity index (χ1v) is 6.15. The minimum atomic E-state index is -0.238. The van der Waals surface area contributed by atoms with Crippen LogP contribution in [-0.4, -0.2) is 36.5 Å². The lowest BCUT2D eigenvalue weighted by atomic mass is 9.99. The topological polar surface area (TPSA) is 46.6 Å². The van der Waals surface area contributed by atoms with Gasteiger partial charge in [-0.05, 0) is 18.8 Å². The molecule has 1 heterocycles. The zero-order chi connectivity index (χ0) is 11.5. The second kappa shape index (κ2) is 4.85. The lowest BCUT2D eigenvalue weighted by molar-refractivity contribution is -0.120. The average Bonchev–Trinajstić information content (AvgIpc) is 2.52. The molecule has 1 amide bonds. The highest BCUT2D eigenvalue weighted by Gasteiger charge is 2.40. The first-order chi connectivity index (χ1) is 7.70. The van der Waals surface area contributed by atoms with E-state index < -0.39 is 0 Å². The number of nitrogens with zero attached hydrogens (tertiary/aromatic N) is 1. The number of hydrogen-bond acceptors (Lipinski definition) is 3. The van der Waals surface area contributed by atoms with E-state index in [1.807, 2.05) is 0 Å². The van der Waals surface area contributed by atoms with Gasteiger partial charge in [0.05, 0.1) is 6.61 Å². The summed E-state index contributed by atoms with van der Waals surface area (Å²) in [5, 5.41) is 0. The van der Waals surface area contributed by atoms with E-state index in [0.717, 1.165) is 19.3 Å². The Morgan fingerprint density at radius 2 is 2.31 bits per heavy atom. The summed E-state index contributed by atoms with van der Waals surface area (Å²) in [6.45, 7) is 3.83. The van der Waals surface area contributed by atoms with Crippen molar-refractivity contribution in [3.05, 3.63) is 0 Å². The molecular formula is C12H19NO3. The van der Waals surface area contributed by atoms with E-state index in [2.05, 4.69) is 6.92 Å². The summed E-state index contributed by atoms with van der Waals surface area (Å²) < 4.78 is 5.16. The Kier molecular flexibility index (Phi) is 3.46. The van der Waals surface area contributed by atoms with Crippen LogP contribution >= 0.6 is 0 Å². The molecule has 90 valence electrons. The van der Waals surface area contributed by atoms with Gasteiger partial charge in [-0.3, -0.25) is 4.79 Å². The molecular weight excluding hydrogens is 206 g/mol. The number of piperidine rings is 1. The minimum absolute atomic E-state index is 0.0810. The second-order valence-electron chi connectivity index (χ2n) is 4.84. The van der Waals surface area contributed by atoms with Gasteiger partial charge in [-0.2, -0.15) is 0 Å². The molecule has 0 unspecified atom stereocenters. The molecule has 1 aliphatic carbocycles. The number of Topliss-reactive ketones (excluding diaryl/α,β-unsaturated/α-hetero) is 1. The number of fused-ring (bicyclic) bond motifs is 2. The van der Waals surface area contributed by atoms with E-state index in [1.54, 1.807) is 4.90 Å². The maximum atomic E-state index is 11.7. The predicted molar refractivity (Wildman–Crippen MR) is 59.1 cm³/mol. The van der Waals surface area contributed by atoms with Gasteiger partial charge in [0.25, 0.3) is 0 Å². The fourth-order valence-corrected chi connectivity index (χ4v) is 2.58. The summed E-state index contributed by atoms with van der Waals surface area (Å²) in [6, 6.07) is 0. The third-order valence-corrected chi connectivity index (χ3v) is 3.46. The van der Waals surface area contributed by atoms with Crippen LogP contribution in [0.1, 0.15) is 32.6 Å². The Labute approximate surface area is 95.9 Å². The van der Waals surface area contributed by atoms with Crippen molar-refractivity contribution in [2.75, 3.05) is 19.7 Å². The van der Waals surface area contributed by atoms with Gasteiger partial charge in [0.2, 0.25) is 0 Å². The zero-order valence-corrected chi connectivity index (χ0v) is 9.78. The van der Waals surface area contributed by atoms with Crippen LogP contribution < -0.4 is 0 Å². The van der Waals surface area contributed by atoms with Gasteiger partial charge in [0, 0.05) is 25.4 Å². The molecule has 1 aliphatic heterocycles. The SMILES string of the molecule is CCCCOC(=O)N1C[C@H]2CC(=O)[C@H](C2)C1. The number of carbonyl (C=O) groups excluding carboxylic acids is 2. The third kappa shape index (κ3) is 2.36. The highest BCUT2D eigenvalue weighted by atomic mass is 16.6. The van der Waals surface area contributed by atoms with Crippen LogP contribution in [0.2, 0.25) is 0 Å². The molecule has 1 saturated carbocycles. The molecule has 4 nitrogen and oxygen atoms in total. The fourth-order valence-electron chi connectivity index (χ4n) is 2.58. The highest BCUT2D eigenvalue weighted by molar-refractivity contribution is 5.85. The van der Waals surface area contributed by atoms with Crippen LogP contribution in [0.3, 0.4) is 0 Å². The highest BCUT2D eigenvalue weighted by Crippen LogP contribution is 2.33. The van der Waals surface area contributed by atoms with Crippen molar-refractivity contribution in [2.45, 2.75) is 32.6 Å². The van der Waals surface area contributed by atoms with E-state index in [0.29, 0.717) is 37.8 Å². The lowest BCUT2D eigenvalue weighted by Crippen LogP contribution is -2.41. The first kappa shape index (κ1) is 11.4. The van der Waals surface area contributed by atoms with Crippen LogP contribution in [0.25, 0.3) is 0 Å².